The Morgan fingerprint density at radius 3 is 2.58 bits per heavy atom. The van der Waals surface area contributed by atoms with Crippen molar-refractivity contribution in [1.82, 2.24) is 0 Å². The summed E-state index contributed by atoms with van der Waals surface area (Å²) in [4.78, 5) is 0. The summed E-state index contributed by atoms with van der Waals surface area (Å²) in [7, 11) is 0. The van der Waals surface area contributed by atoms with E-state index in [-0.39, 0.29) is 11.4 Å². The summed E-state index contributed by atoms with van der Waals surface area (Å²) < 4.78 is 5.74. The van der Waals surface area contributed by atoms with Crippen LogP contribution in [0.1, 0.15) is 13.8 Å². The summed E-state index contributed by atoms with van der Waals surface area (Å²) >= 11 is 1.73. The zero-order valence-corrected chi connectivity index (χ0v) is 12.2. The van der Waals surface area contributed by atoms with Crippen LogP contribution in [-0.2, 0) is 0 Å². The van der Waals surface area contributed by atoms with Crippen LogP contribution in [0.3, 0.4) is 0 Å². The zero-order valence-electron chi connectivity index (χ0n) is 11.4. The lowest BCUT2D eigenvalue weighted by Gasteiger charge is -2.14. The molecule has 0 spiro atoms. The van der Waals surface area contributed by atoms with E-state index in [1.807, 2.05) is 32.0 Å². The Hall–Kier alpha value is -1.19. The molecular formula is C16H20O2S. The van der Waals surface area contributed by atoms with Crippen LogP contribution >= 0.6 is 11.8 Å². The Labute approximate surface area is 118 Å². The third-order valence-electron chi connectivity index (χ3n) is 3.13. The van der Waals surface area contributed by atoms with Crippen LogP contribution in [0.25, 0.3) is 10.8 Å². The van der Waals surface area contributed by atoms with Gasteiger partial charge in [0, 0.05) is 11.0 Å². The van der Waals surface area contributed by atoms with Gasteiger partial charge in [-0.15, -0.1) is 0 Å². The lowest BCUT2D eigenvalue weighted by Crippen LogP contribution is -2.17. The van der Waals surface area contributed by atoms with E-state index in [1.165, 1.54) is 10.8 Å². The van der Waals surface area contributed by atoms with Crippen LogP contribution < -0.4 is 4.74 Å². The van der Waals surface area contributed by atoms with Gasteiger partial charge >= 0.3 is 0 Å². The van der Waals surface area contributed by atoms with Crippen molar-refractivity contribution in [3.05, 3.63) is 42.5 Å². The molecule has 0 aromatic heterocycles. The predicted octanol–water partition coefficient (Wildman–Crippen LogP) is 3.72. The van der Waals surface area contributed by atoms with Gasteiger partial charge in [0.15, 0.2) is 0 Å². The number of hydrogen-bond donors (Lipinski definition) is 1. The van der Waals surface area contributed by atoms with Gasteiger partial charge in [-0.25, -0.2) is 0 Å². The van der Waals surface area contributed by atoms with Gasteiger partial charge in [-0.3, -0.25) is 0 Å². The van der Waals surface area contributed by atoms with Gasteiger partial charge in [-0.1, -0.05) is 37.3 Å². The highest BCUT2D eigenvalue weighted by atomic mass is 32.2. The van der Waals surface area contributed by atoms with Gasteiger partial charge < -0.3 is 9.84 Å². The molecule has 0 saturated heterocycles. The quantitative estimate of drug-likeness (QED) is 0.815. The lowest BCUT2D eigenvalue weighted by molar-refractivity contribution is 0.196. The Kier molecular flexibility index (Phi) is 5.11. The van der Waals surface area contributed by atoms with E-state index in [1.54, 1.807) is 11.8 Å². The molecule has 0 heterocycles. The van der Waals surface area contributed by atoms with E-state index in [0.717, 1.165) is 11.5 Å². The first kappa shape index (κ1) is 14.2. The van der Waals surface area contributed by atoms with Gasteiger partial charge in [0.1, 0.15) is 5.75 Å². The molecule has 0 aliphatic rings. The third-order valence-corrected chi connectivity index (χ3v) is 4.46. The molecule has 2 rings (SSSR count). The fourth-order valence-electron chi connectivity index (χ4n) is 1.79. The molecular weight excluding hydrogens is 256 g/mol. The SMILES string of the molecule is CC(O)C(C)SCCOc1ccc2ccccc2c1. The standard InChI is InChI=1S/C16H20O2S/c1-12(17)13(2)19-10-9-18-16-8-7-14-5-3-4-6-15(14)11-16/h3-8,11-13,17H,9-10H2,1-2H3. The van der Waals surface area contributed by atoms with Gasteiger partial charge in [0.2, 0.25) is 0 Å². The largest absolute Gasteiger partial charge is 0.493 e. The number of benzene rings is 2. The monoisotopic (exact) mass is 276 g/mol. The summed E-state index contributed by atoms with van der Waals surface area (Å²) in [5, 5.41) is 12.1. The van der Waals surface area contributed by atoms with E-state index in [2.05, 4.69) is 24.3 Å². The van der Waals surface area contributed by atoms with Gasteiger partial charge in [-0.2, -0.15) is 11.8 Å². The minimum atomic E-state index is -0.273. The second-order valence-electron chi connectivity index (χ2n) is 4.67. The molecule has 0 aliphatic heterocycles. The van der Waals surface area contributed by atoms with Crippen LogP contribution in [0.15, 0.2) is 42.5 Å². The molecule has 19 heavy (non-hydrogen) atoms. The summed E-state index contributed by atoms with van der Waals surface area (Å²) in [6, 6.07) is 14.4. The highest BCUT2D eigenvalue weighted by Crippen LogP contribution is 2.21. The van der Waals surface area contributed by atoms with Crippen molar-refractivity contribution >= 4 is 22.5 Å². The lowest BCUT2D eigenvalue weighted by atomic mass is 10.1. The number of rotatable bonds is 6. The summed E-state index contributed by atoms with van der Waals surface area (Å²) in [5.41, 5.74) is 0. The molecule has 2 aromatic carbocycles. The highest BCUT2D eigenvalue weighted by molar-refractivity contribution is 7.99. The van der Waals surface area contributed by atoms with E-state index in [9.17, 15) is 5.11 Å². The number of aliphatic hydroxyl groups excluding tert-OH is 1. The van der Waals surface area contributed by atoms with Crippen LogP contribution in [0.5, 0.6) is 5.75 Å². The van der Waals surface area contributed by atoms with E-state index >= 15 is 0 Å². The molecule has 0 radical (unpaired) electrons. The van der Waals surface area contributed by atoms with Crippen molar-refractivity contribution in [2.24, 2.45) is 0 Å². The molecule has 3 heteroatoms. The van der Waals surface area contributed by atoms with Crippen molar-refractivity contribution in [1.29, 1.82) is 0 Å². The maximum absolute atomic E-state index is 9.39. The molecule has 0 saturated carbocycles. The van der Waals surface area contributed by atoms with Crippen LogP contribution in [-0.4, -0.2) is 28.8 Å². The van der Waals surface area contributed by atoms with Crippen LogP contribution in [0, 0.1) is 0 Å². The molecule has 2 nitrogen and oxygen atoms in total. The highest BCUT2D eigenvalue weighted by Gasteiger charge is 2.08. The second-order valence-corrected chi connectivity index (χ2v) is 6.16. The van der Waals surface area contributed by atoms with Crippen molar-refractivity contribution in [3.8, 4) is 5.75 Å². The van der Waals surface area contributed by atoms with Crippen LogP contribution in [0.2, 0.25) is 0 Å². The minimum absolute atomic E-state index is 0.250. The molecule has 0 fully saturated rings. The fourth-order valence-corrected chi connectivity index (χ4v) is 2.62. The first-order valence-corrected chi connectivity index (χ1v) is 7.63. The molecule has 102 valence electrons. The van der Waals surface area contributed by atoms with E-state index in [0.29, 0.717) is 6.61 Å². The number of hydrogen-bond acceptors (Lipinski definition) is 3. The minimum Gasteiger partial charge on any atom is -0.493 e. The van der Waals surface area contributed by atoms with Gasteiger partial charge in [-0.05, 0) is 29.8 Å². The Balaban J connectivity index is 1.85. The number of thioether (sulfide) groups is 1. The topological polar surface area (TPSA) is 29.5 Å². The maximum Gasteiger partial charge on any atom is 0.119 e. The smallest absolute Gasteiger partial charge is 0.119 e. The van der Waals surface area contributed by atoms with Crippen molar-refractivity contribution in [3.63, 3.8) is 0 Å². The van der Waals surface area contributed by atoms with Crippen molar-refractivity contribution in [2.75, 3.05) is 12.4 Å². The molecule has 1 N–H and O–H groups in total. The third kappa shape index (κ3) is 4.15. The number of aliphatic hydroxyl groups is 1. The van der Waals surface area contributed by atoms with Crippen LogP contribution in [0.4, 0.5) is 0 Å². The molecule has 0 aliphatic carbocycles. The van der Waals surface area contributed by atoms with Crippen molar-refractivity contribution in [2.45, 2.75) is 25.2 Å². The average Bonchev–Trinajstić information content (AvgIpc) is 2.43. The Bertz CT molecular complexity index is 525. The molecule has 0 bridgehead atoms. The summed E-state index contributed by atoms with van der Waals surface area (Å²) in [6.45, 7) is 4.52. The fraction of sp³-hybridized carbons (Fsp3) is 0.375. The summed E-state index contributed by atoms with van der Waals surface area (Å²) in [6.07, 6.45) is -0.273. The van der Waals surface area contributed by atoms with Gasteiger partial charge in [0.05, 0.1) is 12.7 Å². The number of fused-ring (bicyclic) bond motifs is 1. The van der Waals surface area contributed by atoms with Gasteiger partial charge in [0.25, 0.3) is 0 Å². The normalized spacial score (nSPS) is 14.3. The predicted molar refractivity (Wildman–Crippen MR) is 83.0 cm³/mol. The molecule has 2 unspecified atom stereocenters. The Morgan fingerprint density at radius 1 is 1.11 bits per heavy atom. The zero-order chi connectivity index (χ0) is 13.7. The van der Waals surface area contributed by atoms with E-state index < -0.39 is 0 Å². The number of ether oxygens (including phenoxy) is 1. The van der Waals surface area contributed by atoms with E-state index in [4.69, 9.17) is 4.74 Å². The summed E-state index contributed by atoms with van der Waals surface area (Å²) in [5.74, 6) is 1.79. The maximum atomic E-state index is 9.39. The average molecular weight is 276 g/mol. The molecule has 2 aromatic rings. The second kappa shape index (κ2) is 6.83. The molecule has 2 atom stereocenters. The molecule has 0 amide bonds. The Morgan fingerprint density at radius 2 is 1.84 bits per heavy atom. The first-order chi connectivity index (χ1) is 9.16. The van der Waals surface area contributed by atoms with Crippen molar-refractivity contribution < 1.29 is 9.84 Å². The first-order valence-electron chi connectivity index (χ1n) is 6.58.